The van der Waals surface area contributed by atoms with Gasteiger partial charge in [-0.3, -0.25) is 4.68 Å². The lowest BCUT2D eigenvalue weighted by Crippen LogP contribution is -2.51. The Balaban J connectivity index is 1.48. The molecule has 1 aliphatic rings. The molecule has 0 atom stereocenters. The Morgan fingerprint density at radius 3 is 2.65 bits per heavy atom. The Hall–Kier alpha value is -1.93. The van der Waals surface area contributed by atoms with Crippen LogP contribution in [0.3, 0.4) is 0 Å². The van der Waals surface area contributed by atoms with E-state index in [1.165, 1.54) is 22.7 Å². The van der Waals surface area contributed by atoms with Crippen molar-refractivity contribution in [3.8, 4) is 5.75 Å². The zero-order valence-electron chi connectivity index (χ0n) is 12.7. The Morgan fingerprint density at radius 2 is 2.00 bits per heavy atom. The molecule has 0 aliphatic carbocycles. The molecule has 0 N–H and O–H groups in total. The molecule has 23 heavy (non-hydrogen) atoms. The highest BCUT2D eigenvalue weighted by Crippen LogP contribution is 2.20. The highest BCUT2D eigenvalue weighted by Gasteiger charge is 2.33. The van der Waals surface area contributed by atoms with Gasteiger partial charge < -0.3 is 4.74 Å². The van der Waals surface area contributed by atoms with Gasteiger partial charge in [0.1, 0.15) is 5.82 Å². The van der Waals surface area contributed by atoms with Gasteiger partial charge in [-0.15, -0.1) is 0 Å². The van der Waals surface area contributed by atoms with Crippen molar-refractivity contribution in [2.45, 2.75) is 6.54 Å². The molecule has 0 radical (unpaired) electrons. The van der Waals surface area contributed by atoms with E-state index in [9.17, 15) is 12.8 Å². The van der Waals surface area contributed by atoms with Gasteiger partial charge in [0.05, 0.1) is 31.8 Å². The van der Waals surface area contributed by atoms with Gasteiger partial charge in [0.15, 0.2) is 5.75 Å². The van der Waals surface area contributed by atoms with Crippen LogP contribution in [0.25, 0.3) is 0 Å². The summed E-state index contributed by atoms with van der Waals surface area (Å²) in [4.78, 5) is 0. The molecular weight excluding hydrogens is 321 g/mol. The number of hydrogen-bond donors (Lipinski definition) is 0. The number of nitrogens with zero attached hydrogens (tertiary/aromatic N) is 3. The van der Waals surface area contributed by atoms with Crippen LogP contribution in [0.2, 0.25) is 0 Å². The van der Waals surface area contributed by atoms with Gasteiger partial charge in [-0.25, -0.2) is 17.1 Å². The largest absolute Gasteiger partial charge is 0.490 e. The summed E-state index contributed by atoms with van der Waals surface area (Å²) >= 11 is 0. The minimum absolute atomic E-state index is 0.213. The molecule has 6 nitrogen and oxygen atoms in total. The zero-order chi connectivity index (χ0) is 16.4. The monoisotopic (exact) mass is 339 g/mol. The van der Waals surface area contributed by atoms with Crippen LogP contribution >= 0.6 is 0 Å². The van der Waals surface area contributed by atoms with Crippen molar-refractivity contribution >= 4 is 10.0 Å². The van der Waals surface area contributed by atoms with Crippen molar-refractivity contribution in [2.75, 3.05) is 26.0 Å². The second-order valence-corrected chi connectivity index (χ2v) is 7.74. The number of hydrogen-bond acceptors (Lipinski definition) is 4. The minimum atomic E-state index is -3.08. The van der Waals surface area contributed by atoms with E-state index in [0.29, 0.717) is 32.0 Å². The van der Waals surface area contributed by atoms with E-state index in [4.69, 9.17) is 4.74 Å². The fraction of sp³-hybridized carbons (Fsp3) is 0.400. The third-order valence-corrected chi connectivity index (χ3v) is 4.98. The average molecular weight is 339 g/mol. The number of benzene rings is 1. The number of aromatic nitrogens is 2. The van der Waals surface area contributed by atoms with Crippen LogP contribution < -0.4 is 4.74 Å². The van der Waals surface area contributed by atoms with Crippen molar-refractivity contribution < 1.29 is 17.5 Å². The molecule has 1 saturated heterocycles. The van der Waals surface area contributed by atoms with Gasteiger partial charge in [-0.2, -0.15) is 5.10 Å². The fourth-order valence-electron chi connectivity index (χ4n) is 2.40. The average Bonchev–Trinajstić information content (AvgIpc) is 2.86. The second-order valence-electron chi connectivity index (χ2n) is 5.76. The summed E-state index contributed by atoms with van der Waals surface area (Å²) in [5, 5.41) is 4.20. The van der Waals surface area contributed by atoms with Crippen molar-refractivity contribution in [1.82, 2.24) is 14.1 Å². The molecule has 1 aliphatic heterocycles. The van der Waals surface area contributed by atoms with Gasteiger partial charge in [0.25, 0.3) is 0 Å². The van der Waals surface area contributed by atoms with E-state index < -0.39 is 10.0 Å². The summed E-state index contributed by atoms with van der Waals surface area (Å²) in [6.45, 7) is 2.01. The third kappa shape index (κ3) is 4.08. The van der Waals surface area contributed by atoms with Crippen molar-refractivity contribution in [3.05, 3.63) is 48.0 Å². The quantitative estimate of drug-likeness (QED) is 0.797. The van der Waals surface area contributed by atoms with Crippen LogP contribution in [0.5, 0.6) is 5.75 Å². The van der Waals surface area contributed by atoms with Crippen LogP contribution in [0.1, 0.15) is 5.56 Å². The maximum absolute atomic E-state index is 12.9. The van der Waals surface area contributed by atoms with Crippen LogP contribution in [-0.2, 0) is 16.6 Å². The number of sulfonamides is 1. The SMILES string of the molecule is CS(=O)(=O)N1CC(COc2cnn(Cc3ccc(F)cc3)c2)C1. The molecule has 1 aromatic carbocycles. The predicted octanol–water partition coefficient (Wildman–Crippen LogP) is 1.34. The Labute approximate surface area is 134 Å². The molecule has 0 amide bonds. The molecule has 1 aromatic heterocycles. The number of rotatable bonds is 6. The standard InChI is InChI=1S/C15H18FN3O3S/c1-23(20,21)19-8-13(9-19)11-22-15-6-17-18(10-15)7-12-2-4-14(16)5-3-12/h2-6,10,13H,7-9,11H2,1H3. The first-order chi connectivity index (χ1) is 10.9. The molecule has 124 valence electrons. The van der Waals surface area contributed by atoms with E-state index in [1.54, 1.807) is 29.2 Å². The normalized spacial score (nSPS) is 16.3. The van der Waals surface area contributed by atoms with Crippen molar-refractivity contribution in [1.29, 1.82) is 0 Å². The summed E-state index contributed by atoms with van der Waals surface area (Å²) in [5.74, 6) is 0.594. The van der Waals surface area contributed by atoms with E-state index in [0.717, 1.165) is 5.56 Å². The summed E-state index contributed by atoms with van der Waals surface area (Å²) in [6, 6.07) is 6.26. The first-order valence-corrected chi connectivity index (χ1v) is 9.10. The molecule has 0 bridgehead atoms. The van der Waals surface area contributed by atoms with Crippen molar-refractivity contribution in [2.24, 2.45) is 5.92 Å². The maximum atomic E-state index is 12.9. The zero-order valence-corrected chi connectivity index (χ0v) is 13.5. The number of halogens is 1. The lowest BCUT2D eigenvalue weighted by molar-refractivity contribution is 0.130. The lowest BCUT2D eigenvalue weighted by atomic mass is 10.1. The van der Waals surface area contributed by atoms with E-state index in [1.807, 2.05) is 0 Å². The Kier molecular flexibility index (Phi) is 4.36. The molecule has 0 unspecified atom stereocenters. The van der Waals surface area contributed by atoms with E-state index in [2.05, 4.69) is 5.10 Å². The van der Waals surface area contributed by atoms with Gasteiger partial charge in [0, 0.05) is 19.0 Å². The van der Waals surface area contributed by atoms with Crippen molar-refractivity contribution in [3.63, 3.8) is 0 Å². The van der Waals surface area contributed by atoms with E-state index in [-0.39, 0.29) is 11.7 Å². The molecule has 2 heterocycles. The highest BCUT2D eigenvalue weighted by molar-refractivity contribution is 7.88. The fourth-order valence-corrected chi connectivity index (χ4v) is 3.36. The third-order valence-electron chi connectivity index (χ3n) is 3.75. The Morgan fingerprint density at radius 1 is 1.30 bits per heavy atom. The first kappa shape index (κ1) is 15.9. The van der Waals surface area contributed by atoms with Crippen LogP contribution in [0.15, 0.2) is 36.7 Å². The molecule has 8 heteroatoms. The lowest BCUT2D eigenvalue weighted by Gasteiger charge is -2.36. The maximum Gasteiger partial charge on any atom is 0.211 e. The van der Waals surface area contributed by atoms with E-state index >= 15 is 0 Å². The van der Waals surface area contributed by atoms with Gasteiger partial charge in [-0.05, 0) is 17.7 Å². The van der Waals surface area contributed by atoms with Gasteiger partial charge in [0.2, 0.25) is 10.0 Å². The minimum Gasteiger partial charge on any atom is -0.490 e. The first-order valence-electron chi connectivity index (χ1n) is 7.25. The molecule has 0 spiro atoms. The topological polar surface area (TPSA) is 64.4 Å². The summed E-state index contributed by atoms with van der Waals surface area (Å²) in [7, 11) is -3.08. The predicted molar refractivity (Wildman–Crippen MR) is 83.1 cm³/mol. The molecule has 0 saturated carbocycles. The second kappa shape index (κ2) is 6.29. The summed E-state index contributed by atoms with van der Waals surface area (Å²) in [5.41, 5.74) is 0.948. The summed E-state index contributed by atoms with van der Waals surface area (Å²) < 4.78 is 44.2. The van der Waals surface area contributed by atoms with Gasteiger partial charge >= 0.3 is 0 Å². The van der Waals surface area contributed by atoms with Crippen LogP contribution in [-0.4, -0.2) is 48.5 Å². The van der Waals surface area contributed by atoms with Crippen LogP contribution in [0.4, 0.5) is 4.39 Å². The van der Waals surface area contributed by atoms with Crippen LogP contribution in [0, 0.1) is 11.7 Å². The highest BCUT2D eigenvalue weighted by atomic mass is 32.2. The molecule has 3 rings (SSSR count). The van der Waals surface area contributed by atoms with Gasteiger partial charge in [-0.1, -0.05) is 12.1 Å². The summed E-state index contributed by atoms with van der Waals surface area (Å²) in [6.07, 6.45) is 4.61. The molecule has 2 aromatic rings. The number of ether oxygens (including phenoxy) is 1. The molecule has 1 fully saturated rings. The smallest absolute Gasteiger partial charge is 0.211 e. The molecular formula is C15H18FN3O3S. The Bertz CT molecular complexity index is 768.